The Morgan fingerprint density at radius 1 is 1.04 bits per heavy atom. The summed E-state index contributed by atoms with van der Waals surface area (Å²) in [5.41, 5.74) is 2.17. The topological polar surface area (TPSA) is 24.4 Å². The maximum Gasteiger partial charge on any atom is 0.146 e. The molecule has 0 saturated heterocycles. The number of rotatable bonds is 10. The lowest BCUT2D eigenvalue weighted by atomic mass is 10.0. The molecule has 0 amide bonds. The second-order valence-corrected chi connectivity index (χ2v) is 7.35. The molecular formula is C22H26FNO2S+. The van der Waals surface area contributed by atoms with E-state index in [-0.39, 0.29) is 5.82 Å². The number of thiophene rings is 1. The van der Waals surface area contributed by atoms with Gasteiger partial charge in [-0.3, -0.25) is 0 Å². The minimum absolute atomic E-state index is 0.210. The third kappa shape index (κ3) is 5.28. The number of methoxy groups -OCH3 is 1. The zero-order valence-corrected chi connectivity index (χ0v) is 16.7. The van der Waals surface area contributed by atoms with E-state index in [9.17, 15) is 4.39 Å². The Labute approximate surface area is 164 Å². The lowest BCUT2D eigenvalue weighted by molar-refractivity contribution is 0.178. The van der Waals surface area contributed by atoms with Crippen molar-refractivity contribution in [1.29, 1.82) is 0 Å². The molecule has 3 nitrogen and oxygen atoms in total. The van der Waals surface area contributed by atoms with Crippen LogP contribution in [0.5, 0.6) is 5.75 Å². The fourth-order valence-electron chi connectivity index (χ4n) is 3.08. The number of halogens is 1. The van der Waals surface area contributed by atoms with Crippen molar-refractivity contribution in [2.75, 3.05) is 40.0 Å². The molecule has 1 heterocycles. The van der Waals surface area contributed by atoms with E-state index in [1.165, 1.54) is 22.2 Å². The van der Waals surface area contributed by atoms with Gasteiger partial charge in [0.1, 0.15) is 31.2 Å². The molecule has 0 atom stereocenters. The fourth-order valence-corrected chi connectivity index (χ4v) is 4.07. The molecular weight excluding hydrogens is 361 g/mol. The quantitative estimate of drug-likeness (QED) is 0.349. The standard InChI is InChI=1S/C22H26FNO2S/c1-3-24(12-14-25-2)11-4-13-26-19-9-10-20-21(16-27-22(20)15-19)17-5-7-18(23)8-6-17/h5-10,15-16H,3-4,11-14H2,1-2H3/q+1. The molecule has 27 heavy (non-hydrogen) atoms. The van der Waals surface area contributed by atoms with Crippen LogP contribution >= 0.6 is 11.3 Å². The van der Waals surface area contributed by atoms with E-state index in [0.717, 1.165) is 49.5 Å². The first-order valence-corrected chi connectivity index (χ1v) is 10.2. The summed E-state index contributed by atoms with van der Waals surface area (Å²) in [6.45, 7) is 6.62. The van der Waals surface area contributed by atoms with E-state index < -0.39 is 0 Å². The summed E-state index contributed by atoms with van der Waals surface area (Å²) in [7, 11) is 1.74. The van der Waals surface area contributed by atoms with Crippen molar-refractivity contribution in [2.45, 2.75) is 13.3 Å². The summed E-state index contributed by atoms with van der Waals surface area (Å²) in [6, 6.07) is 12.9. The van der Waals surface area contributed by atoms with Crippen molar-refractivity contribution in [2.24, 2.45) is 0 Å². The minimum Gasteiger partial charge on any atom is -0.493 e. The Kier molecular flexibility index (Phi) is 7.21. The third-order valence-corrected chi connectivity index (χ3v) is 5.59. The highest BCUT2D eigenvalue weighted by molar-refractivity contribution is 7.17. The van der Waals surface area contributed by atoms with Crippen LogP contribution in [0.1, 0.15) is 13.3 Å². The van der Waals surface area contributed by atoms with Crippen molar-refractivity contribution in [3.63, 3.8) is 0 Å². The highest BCUT2D eigenvalue weighted by atomic mass is 32.1. The van der Waals surface area contributed by atoms with Gasteiger partial charge in [-0.15, -0.1) is 11.3 Å². The van der Waals surface area contributed by atoms with Gasteiger partial charge in [0.2, 0.25) is 0 Å². The molecule has 0 bridgehead atoms. The molecule has 143 valence electrons. The number of benzene rings is 2. The third-order valence-electron chi connectivity index (χ3n) is 4.65. The molecule has 5 heteroatoms. The van der Waals surface area contributed by atoms with Gasteiger partial charge in [0.25, 0.3) is 0 Å². The molecule has 0 aliphatic carbocycles. The molecule has 0 saturated carbocycles. The zero-order valence-electron chi connectivity index (χ0n) is 15.9. The molecule has 0 aliphatic heterocycles. The summed E-state index contributed by atoms with van der Waals surface area (Å²) < 4.78 is 25.4. The Morgan fingerprint density at radius 2 is 1.85 bits per heavy atom. The van der Waals surface area contributed by atoms with Crippen LogP contribution in [0.25, 0.3) is 21.2 Å². The molecule has 3 rings (SSSR count). The molecule has 1 radical (unpaired) electrons. The van der Waals surface area contributed by atoms with Gasteiger partial charge < -0.3 is 9.47 Å². The predicted molar refractivity (Wildman–Crippen MR) is 112 cm³/mol. The van der Waals surface area contributed by atoms with Crippen LogP contribution < -0.4 is 9.64 Å². The number of fused-ring (bicyclic) bond motifs is 1. The number of ether oxygens (including phenoxy) is 2. The summed E-state index contributed by atoms with van der Waals surface area (Å²) in [5, 5.41) is 3.30. The normalized spacial score (nSPS) is 11.4. The predicted octanol–water partition coefficient (Wildman–Crippen LogP) is 5.28. The van der Waals surface area contributed by atoms with Gasteiger partial charge in [-0.2, -0.15) is 4.90 Å². The monoisotopic (exact) mass is 387 g/mol. The Balaban J connectivity index is 1.58. The van der Waals surface area contributed by atoms with Crippen molar-refractivity contribution >= 4 is 21.4 Å². The number of likely N-dealkylation sites (N-methyl/N-ethyl adjacent to an activating group) is 1. The number of hydrogen-bond acceptors (Lipinski definition) is 4. The van der Waals surface area contributed by atoms with E-state index in [2.05, 4.69) is 29.3 Å². The summed E-state index contributed by atoms with van der Waals surface area (Å²) >= 11 is 1.69. The van der Waals surface area contributed by atoms with E-state index in [1.54, 1.807) is 18.4 Å². The van der Waals surface area contributed by atoms with E-state index in [0.29, 0.717) is 6.61 Å². The smallest absolute Gasteiger partial charge is 0.146 e. The Morgan fingerprint density at radius 3 is 2.59 bits per heavy atom. The molecule has 0 unspecified atom stereocenters. The van der Waals surface area contributed by atoms with Gasteiger partial charge in [-0.1, -0.05) is 12.1 Å². The molecule has 0 N–H and O–H groups in total. The Bertz CT molecular complexity index is 847. The molecule has 3 aromatic rings. The largest absolute Gasteiger partial charge is 0.493 e. The van der Waals surface area contributed by atoms with Crippen molar-refractivity contribution < 1.29 is 13.9 Å². The fraction of sp³-hybridized carbons (Fsp3) is 0.364. The number of nitrogens with zero attached hydrogens (tertiary/aromatic N) is 1. The molecule has 0 fully saturated rings. The highest BCUT2D eigenvalue weighted by Crippen LogP contribution is 2.36. The molecule has 0 spiro atoms. The highest BCUT2D eigenvalue weighted by Gasteiger charge is 2.11. The van der Waals surface area contributed by atoms with Gasteiger partial charge in [0.15, 0.2) is 0 Å². The lowest BCUT2D eigenvalue weighted by Crippen LogP contribution is -2.34. The van der Waals surface area contributed by atoms with Crippen LogP contribution in [0.4, 0.5) is 4.39 Å². The van der Waals surface area contributed by atoms with Crippen LogP contribution in [0.2, 0.25) is 0 Å². The van der Waals surface area contributed by atoms with Crippen molar-refractivity contribution in [1.82, 2.24) is 4.90 Å². The first-order chi connectivity index (χ1) is 13.2. The average molecular weight is 388 g/mol. The van der Waals surface area contributed by atoms with Gasteiger partial charge in [-0.25, -0.2) is 4.39 Å². The van der Waals surface area contributed by atoms with Crippen LogP contribution in [0, 0.1) is 5.82 Å². The first kappa shape index (κ1) is 19.8. The van der Waals surface area contributed by atoms with Crippen LogP contribution in [-0.4, -0.2) is 40.0 Å². The molecule has 1 aromatic heterocycles. The maximum atomic E-state index is 13.2. The average Bonchev–Trinajstić information content (AvgIpc) is 3.11. The first-order valence-electron chi connectivity index (χ1n) is 9.32. The van der Waals surface area contributed by atoms with Gasteiger partial charge in [-0.05, 0) is 48.2 Å². The second-order valence-electron chi connectivity index (χ2n) is 6.44. The molecule has 0 aliphatic rings. The van der Waals surface area contributed by atoms with Crippen LogP contribution in [0.15, 0.2) is 47.8 Å². The zero-order chi connectivity index (χ0) is 19.1. The summed E-state index contributed by atoms with van der Waals surface area (Å²) in [6.07, 6.45) is 0.987. The van der Waals surface area contributed by atoms with E-state index in [4.69, 9.17) is 9.47 Å². The Hall–Kier alpha value is -1.95. The van der Waals surface area contributed by atoms with E-state index in [1.807, 2.05) is 18.2 Å². The SMILES string of the molecule is CC[N+](CCCOc1ccc2c(-c3ccc(F)cc3)csc2c1)CCOC. The number of hydrogen-bond donors (Lipinski definition) is 0. The lowest BCUT2D eigenvalue weighted by Gasteiger charge is -2.11. The van der Waals surface area contributed by atoms with E-state index >= 15 is 0 Å². The van der Waals surface area contributed by atoms with Crippen molar-refractivity contribution in [3.05, 3.63) is 53.7 Å². The van der Waals surface area contributed by atoms with Gasteiger partial charge >= 0.3 is 0 Å². The maximum absolute atomic E-state index is 13.2. The summed E-state index contributed by atoms with van der Waals surface area (Å²) in [4.78, 5) is 2.37. The minimum atomic E-state index is -0.210. The van der Waals surface area contributed by atoms with Crippen LogP contribution in [-0.2, 0) is 4.74 Å². The van der Waals surface area contributed by atoms with Crippen LogP contribution in [0.3, 0.4) is 0 Å². The van der Waals surface area contributed by atoms with Gasteiger partial charge in [0, 0.05) is 29.2 Å². The summed E-state index contributed by atoms with van der Waals surface area (Å²) in [5.74, 6) is 0.688. The van der Waals surface area contributed by atoms with Crippen molar-refractivity contribution in [3.8, 4) is 16.9 Å². The van der Waals surface area contributed by atoms with Gasteiger partial charge in [0.05, 0.1) is 13.2 Å². The molecule has 2 aromatic carbocycles. The second kappa shape index (κ2) is 9.83.